The van der Waals surface area contributed by atoms with Crippen LogP contribution in [0.15, 0.2) is 88.6 Å². The lowest BCUT2D eigenvalue weighted by molar-refractivity contribution is 0.618. The standard InChI is InChI=1S/C28H18ClN5OS/c1-17-24-25(20-11-13-21(29)14-12-20)33-27(35)23(15-18-7-9-19(16-30)10-8-18)36-28(33)31-26(24)34(32-17)22-5-3-2-4-6-22/h2-15,25H,1H3/b23-15-. The molecule has 0 saturated heterocycles. The number of hydrogen-bond donors (Lipinski definition) is 0. The van der Waals surface area contributed by atoms with Crippen LogP contribution in [0, 0.1) is 18.3 Å². The fourth-order valence-corrected chi connectivity index (χ4v) is 5.60. The molecule has 0 fully saturated rings. The normalized spacial score (nSPS) is 14.6. The van der Waals surface area contributed by atoms with Gasteiger partial charge in [-0.1, -0.05) is 65.4 Å². The summed E-state index contributed by atoms with van der Waals surface area (Å²) < 4.78 is 4.15. The minimum Gasteiger partial charge on any atom is -0.271 e. The number of thiazole rings is 1. The zero-order valence-electron chi connectivity index (χ0n) is 19.1. The van der Waals surface area contributed by atoms with E-state index in [1.807, 2.05) is 84.4 Å². The molecule has 0 saturated carbocycles. The minimum absolute atomic E-state index is 0.124. The zero-order chi connectivity index (χ0) is 24.8. The number of fused-ring (bicyclic) bond motifs is 2. The van der Waals surface area contributed by atoms with Crippen LogP contribution in [0.3, 0.4) is 0 Å². The first-order chi connectivity index (χ1) is 17.5. The van der Waals surface area contributed by atoms with Crippen molar-refractivity contribution in [1.29, 1.82) is 5.26 Å². The molecule has 0 bridgehead atoms. The average Bonchev–Trinajstić information content (AvgIpc) is 3.40. The van der Waals surface area contributed by atoms with Gasteiger partial charge in [0.1, 0.15) is 0 Å². The quantitative estimate of drug-likeness (QED) is 0.349. The molecule has 3 heterocycles. The number of aryl methyl sites for hydroxylation is 1. The van der Waals surface area contributed by atoms with E-state index in [1.54, 1.807) is 16.7 Å². The fraction of sp³-hybridized carbons (Fsp3) is 0.0714. The van der Waals surface area contributed by atoms with Crippen molar-refractivity contribution >= 4 is 34.8 Å². The van der Waals surface area contributed by atoms with Gasteiger partial charge in [0.25, 0.3) is 5.56 Å². The topological polar surface area (TPSA) is 76.0 Å². The average molecular weight is 508 g/mol. The van der Waals surface area contributed by atoms with Gasteiger partial charge in [0.15, 0.2) is 10.6 Å². The van der Waals surface area contributed by atoms with Crippen LogP contribution >= 0.6 is 22.9 Å². The minimum atomic E-state index is -0.394. The van der Waals surface area contributed by atoms with Crippen molar-refractivity contribution in [3.8, 4) is 11.8 Å². The Bertz CT molecular complexity index is 1830. The fourth-order valence-electron chi connectivity index (χ4n) is 4.48. The molecule has 2 aromatic heterocycles. The van der Waals surface area contributed by atoms with Crippen molar-refractivity contribution in [2.24, 2.45) is 4.99 Å². The Kier molecular flexibility index (Phi) is 5.41. The molecule has 8 heteroatoms. The van der Waals surface area contributed by atoms with E-state index in [4.69, 9.17) is 27.0 Å². The van der Waals surface area contributed by atoms with E-state index in [0.29, 0.717) is 25.7 Å². The van der Waals surface area contributed by atoms with E-state index in [9.17, 15) is 4.79 Å². The highest BCUT2D eigenvalue weighted by Crippen LogP contribution is 2.38. The van der Waals surface area contributed by atoms with E-state index in [1.165, 1.54) is 11.3 Å². The summed E-state index contributed by atoms with van der Waals surface area (Å²) in [6.45, 7) is 1.95. The number of aromatic nitrogens is 3. The van der Waals surface area contributed by atoms with Crippen molar-refractivity contribution in [1.82, 2.24) is 14.3 Å². The lowest BCUT2D eigenvalue weighted by Crippen LogP contribution is -2.37. The molecule has 0 spiro atoms. The predicted molar refractivity (Wildman–Crippen MR) is 141 cm³/mol. The number of hydrogen-bond acceptors (Lipinski definition) is 5. The molecule has 1 atom stereocenters. The van der Waals surface area contributed by atoms with Crippen LogP contribution in [0.5, 0.6) is 0 Å². The monoisotopic (exact) mass is 507 g/mol. The Morgan fingerprint density at radius 3 is 2.44 bits per heavy atom. The number of para-hydroxylation sites is 1. The molecule has 1 aliphatic heterocycles. The van der Waals surface area contributed by atoms with Gasteiger partial charge in [-0.05, 0) is 60.5 Å². The SMILES string of the molecule is Cc1nn(-c2ccccc2)c2c1C(c1ccc(Cl)cc1)n1c(s/c(=C\c3ccc(C#N)cc3)c1=O)=N2. The van der Waals surface area contributed by atoms with Crippen LogP contribution in [0.2, 0.25) is 5.02 Å². The van der Waals surface area contributed by atoms with Crippen molar-refractivity contribution < 1.29 is 0 Å². The Labute approximate surface area is 215 Å². The van der Waals surface area contributed by atoms with Gasteiger partial charge in [-0.3, -0.25) is 9.36 Å². The number of halogens is 1. The molecule has 1 unspecified atom stereocenters. The Balaban J connectivity index is 1.63. The Hall–Kier alpha value is -4.25. The summed E-state index contributed by atoms with van der Waals surface area (Å²) in [6.07, 6.45) is 1.84. The molecule has 0 amide bonds. The first-order valence-electron chi connectivity index (χ1n) is 11.3. The van der Waals surface area contributed by atoms with Crippen LogP contribution in [0.4, 0.5) is 5.82 Å². The van der Waals surface area contributed by atoms with E-state index < -0.39 is 6.04 Å². The number of nitrogens with zero attached hydrogens (tertiary/aromatic N) is 5. The molecule has 0 aliphatic carbocycles. The smallest absolute Gasteiger partial charge is 0.271 e. The van der Waals surface area contributed by atoms with Gasteiger partial charge < -0.3 is 0 Å². The summed E-state index contributed by atoms with van der Waals surface area (Å²) in [4.78, 5) is 19.3. The second-order valence-electron chi connectivity index (χ2n) is 8.44. The molecule has 0 radical (unpaired) electrons. The van der Waals surface area contributed by atoms with Gasteiger partial charge >= 0.3 is 0 Å². The molecule has 5 aromatic rings. The summed E-state index contributed by atoms with van der Waals surface area (Å²) >= 11 is 7.53. The van der Waals surface area contributed by atoms with Crippen LogP contribution in [0.25, 0.3) is 11.8 Å². The maximum atomic E-state index is 13.8. The van der Waals surface area contributed by atoms with E-state index in [-0.39, 0.29) is 5.56 Å². The highest BCUT2D eigenvalue weighted by atomic mass is 35.5. The van der Waals surface area contributed by atoms with E-state index >= 15 is 0 Å². The molecule has 1 aliphatic rings. The highest BCUT2D eigenvalue weighted by Gasteiger charge is 2.32. The Morgan fingerprint density at radius 1 is 1.03 bits per heavy atom. The van der Waals surface area contributed by atoms with Crippen molar-refractivity contribution in [2.75, 3.05) is 0 Å². The molecular formula is C28H18ClN5OS. The number of rotatable bonds is 3. The lowest BCUT2D eigenvalue weighted by Gasteiger charge is -2.22. The summed E-state index contributed by atoms with van der Waals surface area (Å²) in [7, 11) is 0. The van der Waals surface area contributed by atoms with Gasteiger partial charge in [-0.25, -0.2) is 9.67 Å². The third-order valence-electron chi connectivity index (χ3n) is 6.18. The second kappa shape index (κ2) is 8.76. The van der Waals surface area contributed by atoms with Crippen LogP contribution < -0.4 is 14.9 Å². The Morgan fingerprint density at radius 2 is 1.75 bits per heavy atom. The van der Waals surface area contributed by atoms with E-state index in [0.717, 1.165) is 28.1 Å². The highest BCUT2D eigenvalue weighted by molar-refractivity contribution is 7.07. The van der Waals surface area contributed by atoms with Crippen molar-refractivity contribution in [3.63, 3.8) is 0 Å². The first-order valence-corrected chi connectivity index (χ1v) is 12.5. The summed E-state index contributed by atoms with van der Waals surface area (Å²) in [5.74, 6) is 0.713. The summed E-state index contributed by atoms with van der Waals surface area (Å²) in [5, 5.41) is 14.5. The van der Waals surface area contributed by atoms with Crippen molar-refractivity contribution in [2.45, 2.75) is 13.0 Å². The largest absolute Gasteiger partial charge is 0.271 e. The van der Waals surface area contributed by atoms with Crippen molar-refractivity contribution in [3.05, 3.63) is 132 Å². The van der Waals surface area contributed by atoms with Crippen LogP contribution in [0.1, 0.15) is 34.0 Å². The summed E-state index contributed by atoms with van der Waals surface area (Å²) in [6, 6.07) is 26.3. The zero-order valence-corrected chi connectivity index (χ0v) is 20.7. The van der Waals surface area contributed by atoms with Gasteiger partial charge in [-0.2, -0.15) is 10.4 Å². The van der Waals surface area contributed by atoms with Gasteiger partial charge in [0.2, 0.25) is 0 Å². The maximum Gasteiger partial charge on any atom is 0.271 e. The second-order valence-corrected chi connectivity index (χ2v) is 9.88. The predicted octanol–water partition coefficient (Wildman–Crippen LogP) is 4.66. The number of nitriles is 1. The molecule has 36 heavy (non-hydrogen) atoms. The molecule has 3 aromatic carbocycles. The van der Waals surface area contributed by atoms with Gasteiger partial charge in [-0.15, -0.1) is 0 Å². The maximum absolute atomic E-state index is 13.8. The molecular weight excluding hydrogens is 490 g/mol. The van der Waals surface area contributed by atoms with Gasteiger partial charge in [0, 0.05) is 10.6 Å². The third-order valence-corrected chi connectivity index (χ3v) is 7.41. The molecule has 6 nitrogen and oxygen atoms in total. The molecule has 174 valence electrons. The first kappa shape index (κ1) is 22.2. The van der Waals surface area contributed by atoms with Crippen LogP contribution in [-0.2, 0) is 0 Å². The summed E-state index contributed by atoms with van der Waals surface area (Å²) in [5.41, 5.74) is 4.81. The number of benzene rings is 3. The van der Waals surface area contributed by atoms with Crippen LogP contribution in [-0.4, -0.2) is 14.3 Å². The van der Waals surface area contributed by atoms with Gasteiger partial charge in [0.05, 0.1) is 33.6 Å². The third kappa shape index (κ3) is 3.68. The molecule has 0 N–H and O–H groups in total. The molecule has 6 rings (SSSR count). The van der Waals surface area contributed by atoms with E-state index in [2.05, 4.69) is 6.07 Å². The lowest BCUT2D eigenvalue weighted by atomic mass is 9.97.